The van der Waals surface area contributed by atoms with E-state index in [4.69, 9.17) is 11.6 Å². The van der Waals surface area contributed by atoms with E-state index >= 15 is 0 Å². The Hall–Kier alpha value is -0.600. The number of halogens is 2. The number of benzene rings is 1. The SMILES string of the molecule is CC(C)C1CCCC(O)(Cc2cccc(F)c2Cl)CC1. The fraction of sp³-hybridized carbons (Fsp3) is 0.647. The maximum Gasteiger partial charge on any atom is 0.142 e. The second-order valence-corrected chi connectivity index (χ2v) is 6.93. The van der Waals surface area contributed by atoms with Crippen molar-refractivity contribution in [3.8, 4) is 0 Å². The summed E-state index contributed by atoms with van der Waals surface area (Å²) in [6, 6.07) is 4.83. The van der Waals surface area contributed by atoms with Crippen LogP contribution in [-0.4, -0.2) is 10.7 Å². The number of hydrogen-bond donors (Lipinski definition) is 1. The molecular weight excluding hydrogens is 275 g/mol. The second-order valence-electron chi connectivity index (χ2n) is 6.55. The minimum atomic E-state index is -0.735. The van der Waals surface area contributed by atoms with Crippen molar-refractivity contribution in [2.45, 2.75) is 58.0 Å². The maximum atomic E-state index is 13.5. The van der Waals surface area contributed by atoms with Gasteiger partial charge in [0.15, 0.2) is 0 Å². The molecule has 112 valence electrons. The van der Waals surface area contributed by atoms with Crippen LogP contribution in [0.25, 0.3) is 0 Å². The van der Waals surface area contributed by atoms with Crippen molar-refractivity contribution < 1.29 is 9.50 Å². The molecule has 0 aliphatic heterocycles. The first kappa shape index (κ1) is 15.8. The van der Waals surface area contributed by atoms with E-state index in [2.05, 4.69) is 13.8 Å². The van der Waals surface area contributed by atoms with Gasteiger partial charge in [-0.25, -0.2) is 4.39 Å². The summed E-state index contributed by atoms with van der Waals surface area (Å²) < 4.78 is 13.5. The Bertz CT molecular complexity index is 460. The van der Waals surface area contributed by atoms with E-state index in [9.17, 15) is 9.50 Å². The molecule has 1 N–H and O–H groups in total. The molecule has 0 saturated heterocycles. The van der Waals surface area contributed by atoms with Crippen LogP contribution in [0.15, 0.2) is 18.2 Å². The highest BCUT2D eigenvalue weighted by atomic mass is 35.5. The molecule has 0 bridgehead atoms. The lowest BCUT2D eigenvalue weighted by molar-refractivity contribution is 0.0236. The highest BCUT2D eigenvalue weighted by molar-refractivity contribution is 6.31. The van der Waals surface area contributed by atoms with Crippen LogP contribution in [0.3, 0.4) is 0 Å². The van der Waals surface area contributed by atoms with Gasteiger partial charge < -0.3 is 5.11 Å². The molecule has 1 aliphatic rings. The lowest BCUT2D eigenvalue weighted by Gasteiger charge is -2.27. The van der Waals surface area contributed by atoms with Gasteiger partial charge in [0.05, 0.1) is 10.6 Å². The van der Waals surface area contributed by atoms with E-state index in [-0.39, 0.29) is 5.02 Å². The van der Waals surface area contributed by atoms with Crippen LogP contribution in [0.1, 0.15) is 51.5 Å². The second kappa shape index (κ2) is 6.44. The fourth-order valence-electron chi connectivity index (χ4n) is 3.30. The van der Waals surface area contributed by atoms with Crippen LogP contribution in [0.5, 0.6) is 0 Å². The zero-order chi connectivity index (χ0) is 14.8. The van der Waals surface area contributed by atoms with Gasteiger partial charge in [0.1, 0.15) is 5.82 Å². The molecule has 0 aromatic heterocycles. The van der Waals surface area contributed by atoms with Gasteiger partial charge in [-0.2, -0.15) is 0 Å². The topological polar surface area (TPSA) is 20.2 Å². The Morgan fingerprint density at radius 2 is 2.10 bits per heavy atom. The lowest BCUT2D eigenvalue weighted by atomic mass is 9.85. The molecule has 1 aromatic rings. The van der Waals surface area contributed by atoms with E-state index in [0.29, 0.717) is 18.3 Å². The molecule has 1 aliphatic carbocycles. The molecule has 2 unspecified atom stereocenters. The number of aliphatic hydroxyl groups is 1. The largest absolute Gasteiger partial charge is 0.390 e. The van der Waals surface area contributed by atoms with Gasteiger partial charge in [-0.1, -0.05) is 50.4 Å². The van der Waals surface area contributed by atoms with Crippen LogP contribution in [0.2, 0.25) is 5.02 Å². The average molecular weight is 299 g/mol. The van der Waals surface area contributed by atoms with E-state index in [1.165, 1.54) is 12.5 Å². The van der Waals surface area contributed by atoms with Crippen LogP contribution in [0.4, 0.5) is 4.39 Å². The molecule has 0 spiro atoms. The third-order valence-electron chi connectivity index (χ3n) is 4.69. The van der Waals surface area contributed by atoms with Crippen LogP contribution in [-0.2, 0) is 6.42 Å². The molecule has 1 aromatic carbocycles. The van der Waals surface area contributed by atoms with Crippen LogP contribution >= 0.6 is 11.6 Å². The standard InChI is InChI=1S/C17H24ClFO/c1-12(2)13-6-4-9-17(20,10-8-13)11-14-5-3-7-15(19)16(14)18/h3,5,7,12-13,20H,4,6,8-11H2,1-2H3. The van der Waals surface area contributed by atoms with Crippen molar-refractivity contribution in [2.24, 2.45) is 11.8 Å². The van der Waals surface area contributed by atoms with Gasteiger partial charge in [-0.3, -0.25) is 0 Å². The fourth-order valence-corrected chi connectivity index (χ4v) is 3.49. The van der Waals surface area contributed by atoms with E-state index in [0.717, 1.165) is 31.2 Å². The average Bonchev–Trinajstić information content (AvgIpc) is 2.57. The molecule has 0 amide bonds. The number of rotatable bonds is 3. The monoisotopic (exact) mass is 298 g/mol. The first-order valence-corrected chi connectivity index (χ1v) is 7.94. The highest BCUT2D eigenvalue weighted by Gasteiger charge is 2.32. The molecule has 1 saturated carbocycles. The van der Waals surface area contributed by atoms with Gasteiger partial charge >= 0.3 is 0 Å². The Kier molecular flexibility index (Phi) is 5.09. The van der Waals surface area contributed by atoms with Crippen LogP contribution in [0, 0.1) is 17.7 Å². The molecule has 0 heterocycles. The Balaban J connectivity index is 2.09. The quantitative estimate of drug-likeness (QED) is 0.780. The molecule has 3 heteroatoms. The molecule has 1 fully saturated rings. The van der Waals surface area contributed by atoms with Crippen molar-refractivity contribution in [1.29, 1.82) is 0 Å². The van der Waals surface area contributed by atoms with Crippen molar-refractivity contribution in [1.82, 2.24) is 0 Å². The van der Waals surface area contributed by atoms with Crippen LogP contribution < -0.4 is 0 Å². The summed E-state index contributed by atoms with van der Waals surface area (Å²) in [6.45, 7) is 4.50. The summed E-state index contributed by atoms with van der Waals surface area (Å²) in [7, 11) is 0. The Labute approximate surface area is 126 Å². The smallest absolute Gasteiger partial charge is 0.142 e. The highest BCUT2D eigenvalue weighted by Crippen LogP contribution is 2.37. The van der Waals surface area contributed by atoms with Crippen molar-refractivity contribution in [2.75, 3.05) is 0 Å². The zero-order valence-corrected chi connectivity index (χ0v) is 13.1. The Morgan fingerprint density at radius 1 is 1.35 bits per heavy atom. The molecule has 20 heavy (non-hydrogen) atoms. The molecule has 2 rings (SSSR count). The van der Waals surface area contributed by atoms with E-state index < -0.39 is 11.4 Å². The summed E-state index contributed by atoms with van der Waals surface area (Å²) in [4.78, 5) is 0. The van der Waals surface area contributed by atoms with Gasteiger partial charge in [0.25, 0.3) is 0 Å². The maximum absolute atomic E-state index is 13.5. The van der Waals surface area contributed by atoms with E-state index in [1.807, 2.05) is 6.07 Å². The normalized spacial score (nSPS) is 27.6. The molecule has 2 atom stereocenters. The van der Waals surface area contributed by atoms with Crippen molar-refractivity contribution >= 4 is 11.6 Å². The van der Waals surface area contributed by atoms with Crippen molar-refractivity contribution in [3.63, 3.8) is 0 Å². The lowest BCUT2D eigenvalue weighted by Crippen LogP contribution is -2.31. The molecule has 1 nitrogen and oxygen atoms in total. The third kappa shape index (κ3) is 3.73. The minimum absolute atomic E-state index is 0.158. The van der Waals surface area contributed by atoms with Gasteiger partial charge in [-0.05, 0) is 42.7 Å². The summed E-state index contributed by atoms with van der Waals surface area (Å²) in [5.74, 6) is 0.948. The third-order valence-corrected chi connectivity index (χ3v) is 5.11. The number of hydrogen-bond acceptors (Lipinski definition) is 1. The first-order valence-electron chi connectivity index (χ1n) is 7.56. The molecule has 0 radical (unpaired) electrons. The molecular formula is C17H24ClFO. The predicted molar refractivity (Wildman–Crippen MR) is 81.5 cm³/mol. The van der Waals surface area contributed by atoms with E-state index in [1.54, 1.807) is 6.07 Å². The van der Waals surface area contributed by atoms with Gasteiger partial charge in [0, 0.05) is 6.42 Å². The Morgan fingerprint density at radius 3 is 2.80 bits per heavy atom. The van der Waals surface area contributed by atoms with Gasteiger partial charge in [-0.15, -0.1) is 0 Å². The summed E-state index contributed by atoms with van der Waals surface area (Å²) in [6.07, 6.45) is 5.27. The predicted octanol–water partition coefficient (Wildman–Crippen LogP) is 4.99. The summed E-state index contributed by atoms with van der Waals surface area (Å²) in [5.41, 5.74) is -0.0155. The first-order chi connectivity index (χ1) is 9.41. The summed E-state index contributed by atoms with van der Waals surface area (Å²) in [5, 5.41) is 11.0. The van der Waals surface area contributed by atoms with Crippen molar-refractivity contribution in [3.05, 3.63) is 34.6 Å². The summed E-state index contributed by atoms with van der Waals surface area (Å²) >= 11 is 6.01. The zero-order valence-electron chi connectivity index (χ0n) is 12.3. The minimum Gasteiger partial charge on any atom is -0.390 e. The van der Waals surface area contributed by atoms with Gasteiger partial charge in [0.2, 0.25) is 0 Å².